The lowest BCUT2D eigenvalue weighted by atomic mass is 9.92. The highest BCUT2D eigenvalue weighted by Crippen LogP contribution is 2.24. The average Bonchev–Trinajstić information content (AvgIpc) is 2.36. The summed E-state index contributed by atoms with van der Waals surface area (Å²) >= 11 is 0. The van der Waals surface area contributed by atoms with E-state index in [2.05, 4.69) is 4.98 Å². The van der Waals surface area contributed by atoms with Gasteiger partial charge >= 0.3 is 5.97 Å². The molecule has 20 heavy (non-hydrogen) atoms. The van der Waals surface area contributed by atoms with Crippen LogP contribution in [0.3, 0.4) is 0 Å². The lowest BCUT2D eigenvalue weighted by molar-refractivity contribution is -0.144. The van der Waals surface area contributed by atoms with Gasteiger partial charge in [-0.05, 0) is 18.8 Å². The molecule has 2 rings (SSSR count). The number of carboxylic acids is 1. The molecule has 0 bridgehead atoms. The second kappa shape index (κ2) is 5.36. The number of aromatic hydroxyl groups is 1. The summed E-state index contributed by atoms with van der Waals surface area (Å²) in [5.41, 5.74) is -0.613. The Kier molecular flexibility index (Phi) is 3.78. The number of hydrogen-bond acceptors (Lipinski definition) is 4. The molecule has 1 amide bonds. The van der Waals surface area contributed by atoms with Crippen LogP contribution in [0.15, 0.2) is 16.9 Å². The molecule has 108 valence electrons. The number of pyridine rings is 1. The Hall–Kier alpha value is -2.31. The number of aliphatic carboxylic acids is 1. The number of piperidine rings is 1. The van der Waals surface area contributed by atoms with E-state index in [1.807, 2.05) is 6.92 Å². The number of carboxylic acid groups (broad SMARTS) is 1. The monoisotopic (exact) mass is 280 g/mol. The number of rotatable bonds is 2. The minimum atomic E-state index is -1.06. The summed E-state index contributed by atoms with van der Waals surface area (Å²) < 4.78 is 0. The van der Waals surface area contributed by atoms with Crippen LogP contribution in [0.25, 0.3) is 0 Å². The van der Waals surface area contributed by atoms with Crippen molar-refractivity contribution in [3.63, 3.8) is 0 Å². The van der Waals surface area contributed by atoms with Crippen LogP contribution in [0.5, 0.6) is 5.88 Å². The van der Waals surface area contributed by atoms with Crippen LogP contribution < -0.4 is 5.56 Å². The SMILES string of the molecule is CC1CCN(C(=O)c2cc(O)[nH]c(=O)c2)C(C(=O)O)C1. The molecule has 7 heteroatoms. The largest absolute Gasteiger partial charge is 0.494 e. The first-order chi connectivity index (χ1) is 9.38. The van der Waals surface area contributed by atoms with Gasteiger partial charge in [-0.15, -0.1) is 0 Å². The predicted molar refractivity (Wildman–Crippen MR) is 69.6 cm³/mol. The second-order valence-corrected chi connectivity index (χ2v) is 5.10. The van der Waals surface area contributed by atoms with E-state index < -0.39 is 29.4 Å². The van der Waals surface area contributed by atoms with E-state index in [0.29, 0.717) is 19.4 Å². The molecule has 2 atom stereocenters. The van der Waals surface area contributed by atoms with Gasteiger partial charge < -0.3 is 15.1 Å². The Balaban J connectivity index is 2.31. The molecule has 1 aromatic rings. The third-order valence-corrected chi connectivity index (χ3v) is 3.49. The zero-order valence-corrected chi connectivity index (χ0v) is 11.0. The quantitative estimate of drug-likeness (QED) is 0.726. The number of likely N-dealkylation sites (tertiary alicyclic amines) is 1. The summed E-state index contributed by atoms with van der Waals surface area (Å²) in [4.78, 5) is 38.2. The van der Waals surface area contributed by atoms with Gasteiger partial charge in [0.05, 0.1) is 5.56 Å². The van der Waals surface area contributed by atoms with E-state index >= 15 is 0 Å². The van der Waals surface area contributed by atoms with Crippen molar-refractivity contribution in [3.8, 4) is 5.88 Å². The Morgan fingerprint density at radius 3 is 2.70 bits per heavy atom. The van der Waals surface area contributed by atoms with Crippen LogP contribution in [0.1, 0.15) is 30.1 Å². The van der Waals surface area contributed by atoms with E-state index in [1.54, 1.807) is 0 Å². The van der Waals surface area contributed by atoms with Gasteiger partial charge in [0.25, 0.3) is 11.5 Å². The maximum absolute atomic E-state index is 12.3. The van der Waals surface area contributed by atoms with Gasteiger partial charge in [-0.1, -0.05) is 6.92 Å². The van der Waals surface area contributed by atoms with E-state index in [1.165, 1.54) is 4.90 Å². The number of carbonyl (C=O) groups excluding carboxylic acids is 1. The van der Waals surface area contributed by atoms with Crippen molar-refractivity contribution in [2.75, 3.05) is 6.54 Å². The van der Waals surface area contributed by atoms with Crippen LogP contribution in [0, 0.1) is 5.92 Å². The molecule has 2 heterocycles. The van der Waals surface area contributed by atoms with Crippen LogP contribution in [0.4, 0.5) is 0 Å². The lowest BCUT2D eigenvalue weighted by Gasteiger charge is -2.36. The van der Waals surface area contributed by atoms with Crippen molar-refractivity contribution >= 4 is 11.9 Å². The fourth-order valence-corrected chi connectivity index (χ4v) is 2.44. The topological polar surface area (TPSA) is 111 Å². The van der Waals surface area contributed by atoms with Gasteiger partial charge in [0.15, 0.2) is 5.88 Å². The normalized spacial score (nSPS) is 22.6. The number of carbonyl (C=O) groups is 2. The van der Waals surface area contributed by atoms with Crippen LogP contribution in [-0.2, 0) is 4.79 Å². The van der Waals surface area contributed by atoms with Gasteiger partial charge in [-0.25, -0.2) is 4.79 Å². The van der Waals surface area contributed by atoms with E-state index in [4.69, 9.17) is 0 Å². The van der Waals surface area contributed by atoms with Crippen molar-refractivity contribution < 1.29 is 19.8 Å². The number of amides is 1. The number of nitrogens with one attached hydrogen (secondary N) is 1. The van der Waals surface area contributed by atoms with Crippen molar-refractivity contribution in [1.29, 1.82) is 0 Å². The average molecular weight is 280 g/mol. The third-order valence-electron chi connectivity index (χ3n) is 3.49. The summed E-state index contributed by atoms with van der Waals surface area (Å²) in [6.45, 7) is 2.27. The van der Waals surface area contributed by atoms with Gasteiger partial charge in [0.1, 0.15) is 6.04 Å². The zero-order valence-electron chi connectivity index (χ0n) is 11.0. The van der Waals surface area contributed by atoms with E-state index in [0.717, 1.165) is 12.1 Å². The summed E-state index contributed by atoms with van der Waals surface area (Å²) in [5, 5.41) is 18.5. The molecule has 1 aromatic heterocycles. The molecule has 0 radical (unpaired) electrons. The minimum absolute atomic E-state index is 0.00736. The molecule has 2 unspecified atom stereocenters. The number of aromatic amines is 1. The number of nitrogens with zero attached hydrogens (tertiary/aromatic N) is 1. The Morgan fingerprint density at radius 2 is 2.10 bits per heavy atom. The smallest absolute Gasteiger partial charge is 0.326 e. The molecule has 0 aromatic carbocycles. The fourth-order valence-electron chi connectivity index (χ4n) is 2.44. The molecule has 1 aliphatic heterocycles. The Bertz CT molecular complexity index is 595. The Morgan fingerprint density at radius 1 is 1.40 bits per heavy atom. The molecular formula is C13H16N2O5. The van der Waals surface area contributed by atoms with Crippen LogP contribution >= 0.6 is 0 Å². The molecule has 1 aliphatic rings. The van der Waals surface area contributed by atoms with Crippen LogP contribution in [0.2, 0.25) is 0 Å². The minimum Gasteiger partial charge on any atom is -0.494 e. The van der Waals surface area contributed by atoms with Crippen molar-refractivity contribution in [3.05, 3.63) is 28.0 Å². The lowest BCUT2D eigenvalue weighted by Crippen LogP contribution is -2.49. The summed E-state index contributed by atoms with van der Waals surface area (Å²) in [7, 11) is 0. The van der Waals surface area contributed by atoms with Gasteiger partial charge in [-0.3, -0.25) is 14.6 Å². The zero-order chi connectivity index (χ0) is 14.9. The summed E-state index contributed by atoms with van der Waals surface area (Å²) in [6, 6.07) is 1.28. The molecule has 1 fully saturated rings. The molecule has 7 nitrogen and oxygen atoms in total. The first-order valence-corrected chi connectivity index (χ1v) is 6.35. The first-order valence-electron chi connectivity index (χ1n) is 6.35. The molecule has 1 saturated heterocycles. The third kappa shape index (κ3) is 2.81. The standard InChI is InChI=1S/C13H16N2O5/c1-7-2-3-15(9(4-7)13(19)20)12(18)8-5-10(16)14-11(17)6-8/h5-7,9H,2-4H2,1H3,(H,19,20)(H2,14,16,17). The second-order valence-electron chi connectivity index (χ2n) is 5.10. The maximum atomic E-state index is 12.3. The predicted octanol–water partition coefficient (Wildman–Crippen LogP) is 0.406. The molecule has 0 saturated carbocycles. The highest BCUT2D eigenvalue weighted by Gasteiger charge is 2.35. The fraction of sp³-hybridized carbons (Fsp3) is 0.462. The van der Waals surface area contributed by atoms with Gasteiger partial charge in [-0.2, -0.15) is 0 Å². The molecule has 0 spiro atoms. The van der Waals surface area contributed by atoms with Gasteiger partial charge in [0.2, 0.25) is 0 Å². The maximum Gasteiger partial charge on any atom is 0.326 e. The van der Waals surface area contributed by atoms with Crippen molar-refractivity contribution in [2.45, 2.75) is 25.8 Å². The highest BCUT2D eigenvalue weighted by atomic mass is 16.4. The van der Waals surface area contributed by atoms with E-state index in [-0.39, 0.29) is 11.5 Å². The molecular weight excluding hydrogens is 264 g/mol. The Labute approximate surface area is 114 Å². The van der Waals surface area contributed by atoms with Crippen molar-refractivity contribution in [2.24, 2.45) is 5.92 Å². The number of aromatic nitrogens is 1. The number of hydrogen-bond donors (Lipinski definition) is 3. The highest BCUT2D eigenvalue weighted by molar-refractivity contribution is 5.96. The summed E-state index contributed by atoms with van der Waals surface area (Å²) in [6.07, 6.45) is 1.10. The van der Waals surface area contributed by atoms with E-state index in [9.17, 15) is 24.6 Å². The number of H-pyrrole nitrogens is 1. The van der Waals surface area contributed by atoms with Crippen LogP contribution in [-0.4, -0.2) is 44.6 Å². The molecule has 0 aliphatic carbocycles. The first kappa shape index (κ1) is 14.1. The van der Waals surface area contributed by atoms with Gasteiger partial charge in [0, 0.05) is 18.7 Å². The molecule has 3 N–H and O–H groups in total. The summed E-state index contributed by atoms with van der Waals surface area (Å²) in [5.74, 6) is -1.80. The van der Waals surface area contributed by atoms with Crippen molar-refractivity contribution in [1.82, 2.24) is 9.88 Å².